The average molecular weight is 251 g/mol. The van der Waals surface area contributed by atoms with Gasteiger partial charge in [0.2, 0.25) is 0 Å². The summed E-state index contributed by atoms with van der Waals surface area (Å²) in [4.78, 5) is 0. The molecule has 0 aliphatic heterocycles. The molecule has 0 radical (unpaired) electrons. The summed E-state index contributed by atoms with van der Waals surface area (Å²) in [7, 11) is 0. The highest BCUT2D eigenvalue weighted by Crippen LogP contribution is 2.33. The largest absolute Gasteiger partial charge is 0.324 e. The summed E-state index contributed by atoms with van der Waals surface area (Å²) in [6.07, 6.45) is 2.37. The van der Waals surface area contributed by atoms with Crippen LogP contribution in [0.5, 0.6) is 0 Å². The van der Waals surface area contributed by atoms with Crippen LogP contribution in [0.25, 0.3) is 0 Å². The van der Waals surface area contributed by atoms with Gasteiger partial charge in [0.25, 0.3) is 0 Å². The molecule has 0 bridgehead atoms. The van der Waals surface area contributed by atoms with Crippen molar-refractivity contribution in [1.82, 2.24) is 0 Å². The van der Waals surface area contributed by atoms with Crippen molar-refractivity contribution >= 4 is 34.8 Å². The fourth-order valence-corrected chi connectivity index (χ4v) is 1.91. The number of rotatable bonds is 3. The van der Waals surface area contributed by atoms with E-state index in [9.17, 15) is 0 Å². The van der Waals surface area contributed by atoms with Crippen molar-refractivity contribution in [3.05, 3.63) is 45.4 Å². The number of nitrogens with two attached hydrogens (primary N) is 1. The molecule has 0 fully saturated rings. The van der Waals surface area contributed by atoms with Gasteiger partial charge in [0, 0.05) is 11.1 Å². The maximum Gasteiger partial charge on any atom is 0.0641 e. The lowest BCUT2D eigenvalue weighted by Gasteiger charge is -2.12. The summed E-state index contributed by atoms with van der Waals surface area (Å²) in [5.74, 6) is 0. The molecule has 0 unspecified atom stereocenters. The quantitative estimate of drug-likeness (QED) is 0.631. The molecule has 0 saturated heterocycles. The SMILES string of the molecule is C=CC[C@H](N)c1cc(Cl)cc(Cl)c1Cl. The lowest BCUT2D eigenvalue weighted by molar-refractivity contribution is 0.742. The molecule has 1 nitrogen and oxygen atoms in total. The summed E-state index contributed by atoms with van der Waals surface area (Å²) in [6, 6.07) is 3.11. The molecule has 1 aromatic carbocycles. The second kappa shape index (κ2) is 5.04. The predicted octanol–water partition coefficient (Wildman–Crippen LogP) is 4.22. The molecular weight excluding hydrogens is 240 g/mol. The van der Waals surface area contributed by atoms with Crippen molar-refractivity contribution in [2.75, 3.05) is 0 Å². The zero-order chi connectivity index (χ0) is 10.7. The molecule has 1 aromatic rings. The molecule has 1 rings (SSSR count). The second-order valence-electron chi connectivity index (χ2n) is 2.92. The number of hydrogen-bond acceptors (Lipinski definition) is 1. The zero-order valence-corrected chi connectivity index (χ0v) is 9.70. The molecule has 76 valence electrons. The van der Waals surface area contributed by atoms with Crippen LogP contribution in [0.2, 0.25) is 15.1 Å². The molecule has 0 aliphatic carbocycles. The lowest BCUT2D eigenvalue weighted by Crippen LogP contribution is -2.09. The Morgan fingerprint density at radius 3 is 2.57 bits per heavy atom. The minimum atomic E-state index is -0.212. The van der Waals surface area contributed by atoms with Gasteiger partial charge < -0.3 is 5.73 Å². The number of benzene rings is 1. The fraction of sp³-hybridized carbons (Fsp3) is 0.200. The molecule has 0 saturated carbocycles. The van der Waals surface area contributed by atoms with Gasteiger partial charge in [-0.15, -0.1) is 6.58 Å². The van der Waals surface area contributed by atoms with Crippen molar-refractivity contribution in [3.8, 4) is 0 Å². The predicted molar refractivity (Wildman–Crippen MR) is 63.2 cm³/mol. The Morgan fingerprint density at radius 1 is 1.36 bits per heavy atom. The summed E-state index contributed by atoms with van der Waals surface area (Å²) in [6.45, 7) is 3.61. The molecule has 0 spiro atoms. The van der Waals surface area contributed by atoms with E-state index in [0.717, 1.165) is 5.56 Å². The molecule has 2 N–H and O–H groups in total. The van der Waals surface area contributed by atoms with Gasteiger partial charge >= 0.3 is 0 Å². The topological polar surface area (TPSA) is 26.0 Å². The van der Waals surface area contributed by atoms with Crippen LogP contribution in [-0.2, 0) is 0 Å². The molecule has 0 heterocycles. The maximum atomic E-state index is 5.99. The Hall–Kier alpha value is -0.210. The van der Waals surface area contributed by atoms with E-state index < -0.39 is 0 Å². The zero-order valence-electron chi connectivity index (χ0n) is 7.43. The maximum absolute atomic E-state index is 5.99. The van der Waals surface area contributed by atoms with E-state index in [-0.39, 0.29) is 6.04 Å². The molecule has 0 aromatic heterocycles. The Balaban J connectivity index is 3.12. The van der Waals surface area contributed by atoms with E-state index in [0.29, 0.717) is 21.5 Å². The fourth-order valence-electron chi connectivity index (χ4n) is 1.15. The minimum absolute atomic E-state index is 0.212. The van der Waals surface area contributed by atoms with Crippen molar-refractivity contribution < 1.29 is 0 Å². The smallest absolute Gasteiger partial charge is 0.0641 e. The van der Waals surface area contributed by atoms with E-state index >= 15 is 0 Å². The van der Waals surface area contributed by atoms with Crippen molar-refractivity contribution in [3.63, 3.8) is 0 Å². The Kier molecular flexibility index (Phi) is 4.27. The number of hydrogen-bond donors (Lipinski definition) is 1. The molecule has 0 amide bonds. The Morgan fingerprint density at radius 2 is 2.00 bits per heavy atom. The molecule has 0 aliphatic rings. The normalized spacial score (nSPS) is 12.6. The molecule has 1 atom stereocenters. The van der Waals surface area contributed by atoms with E-state index in [1.165, 1.54) is 0 Å². The van der Waals surface area contributed by atoms with Crippen LogP contribution >= 0.6 is 34.8 Å². The summed E-state index contributed by atoms with van der Waals surface area (Å²) in [5.41, 5.74) is 6.62. The van der Waals surface area contributed by atoms with Crippen LogP contribution in [0.15, 0.2) is 24.8 Å². The molecule has 4 heteroatoms. The van der Waals surface area contributed by atoms with Gasteiger partial charge in [-0.1, -0.05) is 40.9 Å². The van der Waals surface area contributed by atoms with Crippen LogP contribution in [0.4, 0.5) is 0 Å². The monoisotopic (exact) mass is 249 g/mol. The Labute approximate surface area is 98.5 Å². The van der Waals surface area contributed by atoms with Gasteiger partial charge in [-0.2, -0.15) is 0 Å². The van der Waals surface area contributed by atoms with Crippen molar-refractivity contribution in [2.45, 2.75) is 12.5 Å². The average Bonchev–Trinajstić information content (AvgIpc) is 2.11. The van der Waals surface area contributed by atoms with Gasteiger partial charge in [-0.05, 0) is 24.1 Å². The first-order chi connectivity index (χ1) is 6.56. The van der Waals surface area contributed by atoms with Gasteiger partial charge in [0.1, 0.15) is 0 Å². The van der Waals surface area contributed by atoms with Gasteiger partial charge in [-0.3, -0.25) is 0 Å². The van der Waals surface area contributed by atoms with Gasteiger partial charge in [0.15, 0.2) is 0 Å². The van der Waals surface area contributed by atoms with Crippen molar-refractivity contribution in [1.29, 1.82) is 0 Å². The highest BCUT2D eigenvalue weighted by Gasteiger charge is 2.12. The number of halogens is 3. The van der Waals surface area contributed by atoms with Gasteiger partial charge in [0.05, 0.1) is 10.0 Å². The van der Waals surface area contributed by atoms with E-state index in [1.807, 2.05) is 0 Å². The summed E-state index contributed by atoms with van der Waals surface area (Å²) >= 11 is 17.7. The van der Waals surface area contributed by atoms with Crippen LogP contribution in [0.1, 0.15) is 18.0 Å². The molecular formula is C10H10Cl3N. The third-order valence-electron chi connectivity index (χ3n) is 1.84. The van der Waals surface area contributed by atoms with Crippen molar-refractivity contribution in [2.24, 2.45) is 5.73 Å². The first-order valence-electron chi connectivity index (χ1n) is 4.07. The van der Waals surface area contributed by atoms with E-state index in [1.54, 1.807) is 18.2 Å². The second-order valence-corrected chi connectivity index (χ2v) is 4.14. The van der Waals surface area contributed by atoms with Crippen LogP contribution < -0.4 is 5.73 Å². The molecule has 14 heavy (non-hydrogen) atoms. The van der Waals surface area contributed by atoms with Crippen LogP contribution in [0, 0.1) is 0 Å². The third-order valence-corrected chi connectivity index (χ3v) is 2.88. The van der Waals surface area contributed by atoms with Crippen LogP contribution in [-0.4, -0.2) is 0 Å². The summed E-state index contributed by atoms with van der Waals surface area (Å²) < 4.78 is 0. The van der Waals surface area contributed by atoms with E-state index in [2.05, 4.69) is 6.58 Å². The van der Waals surface area contributed by atoms with Gasteiger partial charge in [-0.25, -0.2) is 0 Å². The highest BCUT2D eigenvalue weighted by molar-refractivity contribution is 6.43. The minimum Gasteiger partial charge on any atom is -0.324 e. The first-order valence-corrected chi connectivity index (χ1v) is 5.20. The Bertz CT molecular complexity index is 349. The lowest BCUT2D eigenvalue weighted by atomic mass is 10.0. The summed E-state index contributed by atoms with van der Waals surface area (Å²) in [5, 5.41) is 1.42. The van der Waals surface area contributed by atoms with E-state index in [4.69, 9.17) is 40.5 Å². The third kappa shape index (κ3) is 2.64. The highest BCUT2D eigenvalue weighted by atomic mass is 35.5. The standard InChI is InChI=1S/C10H10Cl3N/c1-2-3-9(14)7-4-6(11)5-8(12)10(7)13/h2,4-5,9H,1,3,14H2/t9-/m0/s1. The van der Waals surface area contributed by atoms with Crippen LogP contribution in [0.3, 0.4) is 0 Å². The first kappa shape index (κ1) is 11.9.